The van der Waals surface area contributed by atoms with Gasteiger partial charge in [0.05, 0.1) is 12.3 Å². The van der Waals surface area contributed by atoms with Crippen LogP contribution >= 0.6 is 0 Å². The standard InChI is InChI=1S/C17H26N2O/c1-13(12-18-15-8-9-15)14(2)19-10-5-11-20-17-7-4-3-6-16(17)19/h3-4,6-7,13-15,18H,5,8-12H2,1-2H3. The van der Waals surface area contributed by atoms with Crippen molar-refractivity contribution in [3.8, 4) is 5.75 Å². The number of ether oxygens (including phenoxy) is 1. The summed E-state index contributed by atoms with van der Waals surface area (Å²) in [6.07, 6.45) is 3.82. The number of para-hydroxylation sites is 2. The summed E-state index contributed by atoms with van der Waals surface area (Å²) in [7, 11) is 0. The highest BCUT2D eigenvalue weighted by Crippen LogP contribution is 2.33. The molecule has 1 aliphatic carbocycles. The van der Waals surface area contributed by atoms with Crippen molar-refractivity contribution < 1.29 is 4.74 Å². The van der Waals surface area contributed by atoms with E-state index in [1.165, 1.54) is 18.5 Å². The molecule has 0 aromatic heterocycles. The SMILES string of the molecule is CC(CNC1CC1)C(C)N1CCCOc2ccccc21. The summed E-state index contributed by atoms with van der Waals surface area (Å²) in [4.78, 5) is 2.53. The number of benzene rings is 1. The van der Waals surface area contributed by atoms with Crippen molar-refractivity contribution in [2.24, 2.45) is 5.92 Å². The number of hydrogen-bond donors (Lipinski definition) is 1. The van der Waals surface area contributed by atoms with E-state index >= 15 is 0 Å². The molecule has 2 atom stereocenters. The second-order valence-electron chi connectivity index (χ2n) is 6.26. The zero-order valence-electron chi connectivity index (χ0n) is 12.6. The van der Waals surface area contributed by atoms with E-state index in [-0.39, 0.29) is 0 Å². The van der Waals surface area contributed by atoms with Gasteiger partial charge in [-0.05, 0) is 50.8 Å². The molecule has 0 radical (unpaired) electrons. The van der Waals surface area contributed by atoms with E-state index < -0.39 is 0 Å². The van der Waals surface area contributed by atoms with Crippen molar-refractivity contribution in [1.82, 2.24) is 5.32 Å². The van der Waals surface area contributed by atoms with Crippen molar-refractivity contribution in [3.63, 3.8) is 0 Å². The Kier molecular flexibility index (Phi) is 4.16. The molecule has 3 heteroatoms. The van der Waals surface area contributed by atoms with Gasteiger partial charge in [0.1, 0.15) is 5.75 Å². The second kappa shape index (κ2) is 6.04. The van der Waals surface area contributed by atoms with Crippen molar-refractivity contribution >= 4 is 5.69 Å². The van der Waals surface area contributed by atoms with Crippen molar-refractivity contribution in [3.05, 3.63) is 24.3 Å². The maximum absolute atomic E-state index is 5.86. The molecular formula is C17H26N2O. The number of anilines is 1. The Hall–Kier alpha value is -1.22. The first-order valence-corrected chi connectivity index (χ1v) is 7.97. The maximum Gasteiger partial charge on any atom is 0.142 e. The van der Waals surface area contributed by atoms with Gasteiger partial charge in [-0.2, -0.15) is 0 Å². The molecule has 0 amide bonds. The summed E-state index contributed by atoms with van der Waals surface area (Å²) in [6, 6.07) is 9.78. The van der Waals surface area contributed by atoms with Gasteiger partial charge < -0.3 is 15.0 Å². The van der Waals surface area contributed by atoms with E-state index in [0.29, 0.717) is 12.0 Å². The summed E-state index contributed by atoms with van der Waals surface area (Å²) >= 11 is 0. The zero-order chi connectivity index (χ0) is 13.9. The average Bonchev–Trinajstić information content (AvgIpc) is 3.30. The Morgan fingerprint density at radius 3 is 2.90 bits per heavy atom. The van der Waals surface area contributed by atoms with Gasteiger partial charge in [-0.1, -0.05) is 19.1 Å². The first-order chi connectivity index (χ1) is 9.75. The van der Waals surface area contributed by atoms with Crippen LogP contribution in [0.5, 0.6) is 5.75 Å². The number of rotatable bonds is 5. The van der Waals surface area contributed by atoms with Crippen LogP contribution in [0.25, 0.3) is 0 Å². The average molecular weight is 274 g/mol. The van der Waals surface area contributed by atoms with E-state index in [2.05, 4.69) is 48.3 Å². The van der Waals surface area contributed by atoms with Crippen LogP contribution in [-0.2, 0) is 0 Å². The normalized spacial score (nSPS) is 21.6. The fourth-order valence-corrected chi connectivity index (χ4v) is 2.89. The predicted octanol–water partition coefficient (Wildman–Crippen LogP) is 3.05. The fourth-order valence-electron chi connectivity index (χ4n) is 2.89. The monoisotopic (exact) mass is 274 g/mol. The van der Waals surface area contributed by atoms with Crippen molar-refractivity contribution in [2.45, 2.75) is 45.2 Å². The van der Waals surface area contributed by atoms with E-state index in [4.69, 9.17) is 4.74 Å². The molecule has 1 N–H and O–H groups in total. The highest BCUT2D eigenvalue weighted by atomic mass is 16.5. The Morgan fingerprint density at radius 1 is 1.30 bits per heavy atom. The first kappa shape index (κ1) is 13.7. The molecule has 0 bridgehead atoms. The van der Waals surface area contributed by atoms with E-state index in [1.807, 2.05) is 0 Å². The lowest BCUT2D eigenvalue weighted by atomic mass is 10.0. The Balaban J connectivity index is 1.70. The summed E-state index contributed by atoms with van der Waals surface area (Å²) in [5, 5.41) is 3.66. The van der Waals surface area contributed by atoms with E-state index in [9.17, 15) is 0 Å². The van der Waals surface area contributed by atoms with Crippen LogP contribution < -0.4 is 15.0 Å². The molecule has 3 nitrogen and oxygen atoms in total. The molecular weight excluding hydrogens is 248 g/mol. The summed E-state index contributed by atoms with van der Waals surface area (Å²) in [6.45, 7) is 7.74. The van der Waals surface area contributed by atoms with E-state index in [0.717, 1.165) is 37.9 Å². The molecule has 3 rings (SSSR count). The fraction of sp³-hybridized carbons (Fsp3) is 0.647. The quantitative estimate of drug-likeness (QED) is 0.893. The van der Waals surface area contributed by atoms with Gasteiger partial charge in [-0.3, -0.25) is 0 Å². The lowest BCUT2D eigenvalue weighted by molar-refractivity contribution is 0.321. The van der Waals surface area contributed by atoms with Gasteiger partial charge in [-0.25, -0.2) is 0 Å². The van der Waals surface area contributed by atoms with Gasteiger partial charge in [0.15, 0.2) is 0 Å². The summed E-state index contributed by atoms with van der Waals surface area (Å²) in [5.74, 6) is 1.68. The van der Waals surface area contributed by atoms with Crippen LogP contribution in [0.4, 0.5) is 5.69 Å². The third-order valence-electron chi connectivity index (χ3n) is 4.60. The smallest absolute Gasteiger partial charge is 0.142 e. The van der Waals surface area contributed by atoms with Crippen LogP contribution in [0.15, 0.2) is 24.3 Å². The molecule has 1 fully saturated rings. The van der Waals surface area contributed by atoms with Crippen LogP contribution in [0.2, 0.25) is 0 Å². The zero-order valence-corrected chi connectivity index (χ0v) is 12.6. The Bertz CT molecular complexity index is 444. The molecule has 1 saturated carbocycles. The number of fused-ring (bicyclic) bond motifs is 1. The predicted molar refractivity (Wildman–Crippen MR) is 83.6 cm³/mol. The lowest BCUT2D eigenvalue weighted by Gasteiger charge is -2.34. The van der Waals surface area contributed by atoms with Gasteiger partial charge in [-0.15, -0.1) is 0 Å². The minimum atomic E-state index is 0.532. The third-order valence-corrected chi connectivity index (χ3v) is 4.60. The number of nitrogens with zero attached hydrogens (tertiary/aromatic N) is 1. The molecule has 20 heavy (non-hydrogen) atoms. The summed E-state index contributed by atoms with van der Waals surface area (Å²) < 4.78 is 5.86. The van der Waals surface area contributed by atoms with Crippen LogP contribution in [0.1, 0.15) is 33.1 Å². The molecule has 0 spiro atoms. The van der Waals surface area contributed by atoms with Crippen molar-refractivity contribution in [1.29, 1.82) is 0 Å². The second-order valence-corrected chi connectivity index (χ2v) is 6.26. The van der Waals surface area contributed by atoms with Gasteiger partial charge in [0.25, 0.3) is 0 Å². The highest BCUT2D eigenvalue weighted by Gasteiger charge is 2.26. The number of hydrogen-bond acceptors (Lipinski definition) is 3. The molecule has 2 unspecified atom stereocenters. The first-order valence-electron chi connectivity index (χ1n) is 7.97. The highest BCUT2D eigenvalue weighted by molar-refractivity contribution is 5.59. The minimum Gasteiger partial charge on any atom is -0.491 e. The largest absolute Gasteiger partial charge is 0.491 e. The van der Waals surface area contributed by atoms with Gasteiger partial charge in [0, 0.05) is 18.6 Å². The molecule has 110 valence electrons. The summed E-state index contributed by atoms with van der Waals surface area (Å²) in [5.41, 5.74) is 1.26. The van der Waals surface area contributed by atoms with Crippen molar-refractivity contribution in [2.75, 3.05) is 24.6 Å². The molecule has 0 saturated heterocycles. The molecule has 1 aromatic carbocycles. The third kappa shape index (κ3) is 3.09. The topological polar surface area (TPSA) is 24.5 Å². The van der Waals surface area contributed by atoms with E-state index in [1.54, 1.807) is 0 Å². The number of nitrogens with one attached hydrogen (secondary N) is 1. The Morgan fingerprint density at radius 2 is 2.10 bits per heavy atom. The molecule has 1 aromatic rings. The van der Waals surface area contributed by atoms with Gasteiger partial charge >= 0.3 is 0 Å². The minimum absolute atomic E-state index is 0.532. The van der Waals surface area contributed by atoms with Gasteiger partial charge in [0.2, 0.25) is 0 Å². The molecule has 2 aliphatic rings. The molecule has 1 aliphatic heterocycles. The van der Waals surface area contributed by atoms with Crippen LogP contribution in [0.3, 0.4) is 0 Å². The van der Waals surface area contributed by atoms with Crippen LogP contribution in [0, 0.1) is 5.92 Å². The molecule has 1 heterocycles. The Labute approximate surface area is 122 Å². The maximum atomic E-state index is 5.86. The van der Waals surface area contributed by atoms with Crippen LogP contribution in [-0.4, -0.2) is 31.8 Å². The lowest BCUT2D eigenvalue weighted by Crippen LogP contribution is -2.42.